The summed E-state index contributed by atoms with van der Waals surface area (Å²) in [6.45, 7) is 6.23. The van der Waals surface area contributed by atoms with Crippen molar-refractivity contribution in [1.82, 2.24) is 4.90 Å². The van der Waals surface area contributed by atoms with E-state index in [0.717, 1.165) is 6.42 Å². The molecule has 1 aliphatic rings. The normalized spacial score (nSPS) is 21.9. The number of likely N-dealkylation sites (tertiary alicyclic amines) is 1. The molecule has 6 heteroatoms. The Kier molecular flexibility index (Phi) is 5.53. The first kappa shape index (κ1) is 16.5. The molecule has 3 atom stereocenters. The van der Waals surface area contributed by atoms with Gasteiger partial charge >= 0.3 is 5.97 Å². The van der Waals surface area contributed by atoms with Gasteiger partial charge in [-0.25, -0.2) is 0 Å². The number of ether oxygens (including phenoxy) is 1. The van der Waals surface area contributed by atoms with Crippen LogP contribution >= 0.6 is 0 Å². The number of methoxy groups -OCH3 is 1. The van der Waals surface area contributed by atoms with E-state index in [-0.39, 0.29) is 24.8 Å². The second-order valence-electron chi connectivity index (χ2n) is 5.92. The molecular weight excluding hydrogens is 260 g/mol. The van der Waals surface area contributed by atoms with Crippen LogP contribution in [0.25, 0.3) is 0 Å². The zero-order valence-electron chi connectivity index (χ0n) is 12.6. The van der Waals surface area contributed by atoms with Gasteiger partial charge in [0, 0.05) is 13.0 Å². The van der Waals surface area contributed by atoms with Crippen LogP contribution in [0.5, 0.6) is 0 Å². The van der Waals surface area contributed by atoms with Crippen LogP contribution < -0.4 is 5.73 Å². The smallest absolute Gasteiger partial charge is 0.310 e. The molecule has 0 aromatic rings. The maximum atomic E-state index is 12.1. The van der Waals surface area contributed by atoms with Gasteiger partial charge in [-0.3, -0.25) is 14.4 Å². The van der Waals surface area contributed by atoms with Crippen molar-refractivity contribution in [3.05, 3.63) is 0 Å². The van der Waals surface area contributed by atoms with Gasteiger partial charge in [0.15, 0.2) is 0 Å². The average Bonchev–Trinajstić information content (AvgIpc) is 2.69. The fourth-order valence-electron chi connectivity index (χ4n) is 2.94. The highest BCUT2D eigenvalue weighted by Gasteiger charge is 2.42. The van der Waals surface area contributed by atoms with Crippen molar-refractivity contribution in [1.29, 1.82) is 0 Å². The number of amides is 2. The number of esters is 1. The highest BCUT2D eigenvalue weighted by atomic mass is 16.5. The topological polar surface area (TPSA) is 89.7 Å². The van der Waals surface area contributed by atoms with Gasteiger partial charge < -0.3 is 15.4 Å². The maximum Gasteiger partial charge on any atom is 0.310 e. The Morgan fingerprint density at radius 1 is 1.40 bits per heavy atom. The summed E-state index contributed by atoms with van der Waals surface area (Å²) in [7, 11) is 1.29. The summed E-state index contributed by atoms with van der Waals surface area (Å²) in [5.74, 6) is -1.27. The van der Waals surface area contributed by atoms with Gasteiger partial charge in [0.05, 0.1) is 13.0 Å². The number of hydrogen-bond donors (Lipinski definition) is 1. The molecule has 1 rings (SSSR count). The molecule has 3 unspecified atom stereocenters. The molecular formula is C14H24N2O4. The van der Waals surface area contributed by atoms with Crippen molar-refractivity contribution in [2.45, 2.75) is 39.7 Å². The lowest BCUT2D eigenvalue weighted by molar-refractivity contribution is -0.145. The molecule has 0 saturated carbocycles. The van der Waals surface area contributed by atoms with E-state index < -0.39 is 23.8 Å². The molecule has 0 radical (unpaired) electrons. The second kappa shape index (κ2) is 6.72. The molecule has 2 amide bonds. The first-order valence-corrected chi connectivity index (χ1v) is 6.94. The summed E-state index contributed by atoms with van der Waals surface area (Å²) < 4.78 is 4.66. The minimum atomic E-state index is -0.653. The molecule has 0 spiro atoms. The lowest BCUT2D eigenvalue weighted by Gasteiger charge is -2.31. The summed E-state index contributed by atoms with van der Waals surface area (Å²) >= 11 is 0. The van der Waals surface area contributed by atoms with E-state index in [4.69, 9.17) is 5.73 Å². The van der Waals surface area contributed by atoms with Gasteiger partial charge in [-0.05, 0) is 18.3 Å². The third-order valence-corrected chi connectivity index (χ3v) is 3.70. The molecule has 114 valence electrons. The summed E-state index contributed by atoms with van der Waals surface area (Å²) in [5, 5.41) is 0. The first-order valence-electron chi connectivity index (χ1n) is 6.94. The predicted molar refractivity (Wildman–Crippen MR) is 73.4 cm³/mol. The molecule has 1 saturated heterocycles. The molecule has 0 aromatic carbocycles. The highest BCUT2D eigenvalue weighted by molar-refractivity contribution is 5.91. The van der Waals surface area contributed by atoms with E-state index in [1.807, 2.05) is 6.92 Å². The number of primary amides is 1. The summed E-state index contributed by atoms with van der Waals surface area (Å²) in [6.07, 6.45) is 0.880. The van der Waals surface area contributed by atoms with Gasteiger partial charge in [-0.1, -0.05) is 20.8 Å². The van der Waals surface area contributed by atoms with E-state index in [2.05, 4.69) is 18.6 Å². The summed E-state index contributed by atoms with van der Waals surface area (Å²) in [4.78, 5) is 36.7. The van der Waals surface area contributed by atoms with E-state index in [0.29, 0.717) is 5.92 Å². The van der Waals surface area contributed by atoms with Crippen molar-refractivity contribution in [3.8, 4) is 0 Å². The number of nitrogens with zero attached hydrogens (tertiary/aromatic N) is 1. The van der Waals surface area contributed by atoms with Gasteiger partial charge in [0.2, 0.25) is 11.8 Å². The van der Waals surface area contributed by atoms with Crippen molar-refractivity contribution < 1.29 is 19.1 Å². The van der Waals surface area contributed by atoms with Crippen LogP contribution in [0.2, 0.25) is 0 Å². The molecule has 1 fully saturated rings. The largest absolute Gasteiger partial charge is 0.469 e. The lowest BCUT2D eigenvalue weighted by atomic mass is 9.90. The molecule has 20 heavy (non-hydrogen) atoms. The van der Waals surface area contributed by atoms with Gasteiger partial charge in [-0.15, -0.1) is 0 Å². The van der Waals surface area contributed by atoms with E-state index >= 15 is 0 Å². The maximum absolute atomic E-state index is 12.1. The number of carbonyl (C=O) groups excluding carboxylic acids is 3. The van der Waals surface area contributed by atoms with Crippen molar-refractivity contribution >= 4 is 17.8 Å². The van der Waals surface area contributed by atoms with Crippen molar-refractivity contribution in [2.75, 3.05) is 13.7 Å². The summed E-state index contributed by atoms with van der Waals surface area (Å²) in [6, 6.07) is -0.653. The van der Waals surface area contributed by atoms with Gasteiger partial charge in [0.25, 0.3) is 0 Å². The van der Waals surface area contributed by atoms with Crippen LogP contribution in [0.1, 0.15) is 33.6 Å². The van der Waals surface area contributed by atoms with E-state index in [1.54, 1.807) is 0 Å². The number of rotatable bonds is 6. The minimum Gasteiger partial charge on any atom is -0.469 e. The SMILES string of the molecule is COC(=O)C1CC(=O)N(C(C(N)=O)C(C)CC(C)C)C1. The monoisotopic (exact) mass is 284 g/mol. The average molecular weight is 284 g/mol. The van der Waals surface area contributed by atoms with Crippen LogP contribution in [-0.4, -0.2) is 42.4 Å². The summed E-state index contributed by atoms with van der Waals surface area (Å²) in [5.41, 5.74) is 5.46. The van der Waals surface area contributed by atoms with Crippen LogP contribution in [0.3, 0.4) is 0 Å². The van der Waals surface area contributed by atoms with Crippen LogP contribution in [0, 0.1) is 17.8 Å². The fraction of sp³-hybridized carbons (Fsp3) is 0.786. The van der Waals surface area contributed by atoms with E-state index in [9.17, 15) is 14.4 Å². The molecule has 6 nitrogen and oxygen atoms in total. The molecule has 2 N–H and O–H groups in total. The fourth-order valence-corrected chi connectivity index (χ4v) is 2.94. The third-order valence-electron chi connectivity index (χ3n) is 3.70. The first-order chi connectivity index (χ1) is 9.27. The molecule has 1 heterocycles. The lowest BCUT2D eigenvalue weighted by Crippen LogP contribution is -2.49. The zero-order chi connectivity index (χ0) is 15.4. The zero-order valence-corrected chi connectivity index (χ0v) is 12.6. The quantitative estimate of drug-likeness (QED) is 0.721. The molecule has 1 aliphatic heterocycles. The molecule has 0 aliphatic carbocycles. The van der Waals surface area contributed by atoms with Crippen molar-refractivity contribution in [3.63, 3.8) is 0 Å². The second-order valence-corrected chi connectivity index (χ2v) is 5.92. The molecule has 0 aromatic heterocycles. The van der Waals surface area contributed by atoms with Crippen molar-refractivity contribution in [2.24, 2.45) is 23.5 Å². The standard InChI is InChI=1S/C14H24N2O4/c1-8(2)5-9(3)12(13(15)18)16-7-10(6-11(16)17)14(19)20-4/h8-10,12H,5-7H2,1-4H3,(H2,15,18). The Morgan fingerprint density at radius 2 is 2.00 bits per heavy atom. The van der Waals surface area contributed by atoms with Gasteiger partial charge in [-0.2, -0.15) is 0 Å². The molecule has 0 bridgehead atoms. The Bertz CT molecular complexity index is 395. The van der Waals surface area contributed by atoms with Crippen LogP contribution in [0.4, 0.5) is 0 Å². The van der Waals surface area contributed by atoms with Gasteiger partial charge in [0.1, 0.15) is 6.04 Å². The Morgan fingerprint density at radius 3 is 2.45 bits per heavy atom. The minimum absolute atomic E-state index is 0.0344. The van der Waals surface area contributed by atoms with Crippen LogP contribution in [0.15, 0.2) is 0 Å². The Balaban J connectivity index is 2.85. The highest BCUT2D eigenvalue weighted by Crippen LogP contribution is 2.27. The predicted octanol–water partition coefficient (Wildman–Crippen LogP) is 0.544. The number of hydrogen-bond acceptors (Lipinski definition) is 4. The van der Waals surface area contributed by atoms with E-state index in [1.165, 1.54) is 12.0 Å². The van der Waals surface area contributed by atoms with Crippen LogP contribution in [-0.2, 0) is 19.1 Å². The number of carbonyl (C=O) groups is 3. The number of nitrogens with two attached hydrogens (primary N) is 1. The Hall–Kier alpha value is -1.59. The Labute approximate surface area is 119 Å². The third kappa shape index (κ3) is 3.71.